The molecule has 0 bridgehead atoms. The predicted octanol–water partition coefficient (Wildman–Crippen LogP) is 2.36. The lowest BCUT2D eigenvalue weighted by atomic mass is 10.2. The molecule has 2 aromatic heterocycles. The Morgan fingerprint density at radius 2 is 1.74 bits per heavy atom. The van der Waals surface area contributed by atoms with Gasteiger partial charge in [-0.15, -0.1) is 0 Å². The van der Waals surface area contributed by atoms with Gasteiger partial charge in [0, 0.05) is 41.4 Å². The summed E-state index contributed by atoms with van der Waals surface area (Å²) in [6.07, 6.45) is 1.44. The Kier molecular flexibility index (Phi) is 8.20. The molecule has 3 aromatic rings. The number of hydrogen-bond donors (Lipinski definition) is 4. The first kappa shape index (κ1) is 24.7. The normalized spacial score (nSPS) is 10.5. The van der Waals surface area contributed by atoms with Gasteiger partial charge in [-0.25, -0.2) is 9.78 Å². The highest BCUT2D eigenvalue weighted by Gasteiger charge is 2.13. The molecular formula is C23H26ClN7O3. The number of benzene rings is 1. The van der Waals surface area contributed by atoms with E-state index in [1.54, 1.807) is 31.2 Å². The minimum absolute atomic E-state index is 0.112. The van der Waals surface area contributed by atoms with Crippen molar-refractivity contribution in [3.63, 3.8) is 0 Å². The summed E-state index contributed by atoms with van der Waals surface area (Å²) in [6.45, 7) is 5.83. The fraction of sp³-hybridized carbons (Fsp3) is 0.261. The van der Waals surface area contributed by atoms with E-state index < -0.39 is 11.6 Å². The molecule has 11 heteroatoms. The molecule has 10 nitrogen and oxygen atoms in total. The number of hydrazine groups is 1. The number of aromatic nitrogens is 3. The molecule has 0 fully saturated rings. The number of halogens is 1. The number of aryl methyl sites for hydroxylation is 3. The van der Waals surface area contributed by atoms with E-state index in [1.165, 1.54) is 10.8 Å². The van der Waals surface area contributed by atoms with Crippen molar-refractivity contribution >= 4 is 29.4 Å². The molecule has 0 radical (unpaired) electrons. The molecule has 0 spiro atoms. The molecule has 3 amide bonds. The summed E-state index contributed by atoms with van der Waals surface area (Å²) in [4.78, 5) is 45.7. The molecule has 0 saturated heterocycles. The molecule has 178 valence electrons. The molecule has 0 saturated carbocycles. The van der Waals surface area contributed by atoms with Gasteiger partial charge in [0.25, 0.3) is 5.56 Å². The maximum Gasteiger partial charge on any atom is 0.333 e. The van der Waals surface area contributed by atoms with E-state index >= 15 is 0 Å². The van der Waals surface area contributed by atoms with E-state index in [9.17, 15) is 14.4 Å². The van der Waals surface area contributed by atoms with Crippen molar-refractivity contribution < 1.29 is 9.59 Å². The van der Waals surface area contributed by atoms with Crippen molar-refractivity contribution in [3.05, 3.63) is 86.2 Å². The van der Waals surface area contributed by atoms with Crippen molar-refractivity contribution in [2.75, 3.05) is 5.43 Å². The second-order valence-electron chi connectivity index (χ2n) is 7.67. The number of carbonyl (C=O) groups is 2. The molecule has 1 aromatic carbocycles. The Balaban J connectivity index is 1.55. The van der Waals surface area contributed by atoms with Gasteiger partial charge in [-0.1, -0.05) is 29.8 Å². The summed E-state index contributed by atoms with van der Waals surface area (Å²) in [6, 6.07) is 10.3. The highest BCUT2D eigenvalue weighted by molar-refractivity contribution is 6.30. The third kappa shape index (κ3) is 6.79. The molecule has 0 aliphatic carbocycles. The Bertz CT molecular complexity index is 1240. The van der Waals surface area contributed by atoms with Crippen LogP contribution in [0, 0.1) is 20.8 Å². The molecule has 0 aliphatic rings. The van der Waals surface area contributed by atoms with E-state index in [4.69, 9.17) is 11.6 Å². The second kappa shape index (κ2) is 11.3. The lowest BCUT2D eigenvalue weighted by Crippen LogP contribution is -2.41. The van der Waals surface area contributed by atoms with Gasteiger partial charge < -0.3 is 10.6 Å². The number of hydrogen-bond acceptors (Lipinski definition) is 6. The average molecular weight is 484 g/mol. The van der Waals surface area contributed by atoms with Crippen LogP contribution in [0.25, 0.3) is 0 Å². The largest absolute Gasteiger partial charge is 0.350 e. The van der Waals surface area contributed by atoms with Gasteiger partial charge in [-0.2, -0.15) is 0 Å². The molecule has 0 atom stereocenters. The summed E-state index contributed by atoms with van der Waals surface area (Å²) >= 11 is 5.84. The SMILES string of the molecule is Cc1ccc(CNC(=O)Cn2c(C)cnc(NNC(=O)NCc3ccc(Cl)cc3)c2=O)c(C)n1. The number of carbonyl (C=O) groups excluding carboxylic acids is 2. The van der Waals surface area contributed by atoms with Crippen LogP contribution in [0.2, 0.25) is 5.02 Å². The van der Waals surface area contributed by atoms with Gasteiger partial charge in [0.15, 0.2) is 0 Å². The highest BCUT2D eigenvalue weighted by atomic mass is 35.5. The molecule has 3 rings (SSSR count). The van der Waals surface area contributed by atoms with Crippen LogP contribution in [0.5, 0.6) is 0 Å². The smallest absolute Gasteiger partial charge is 0.333 e. The number of urea groups is 1. The monoisotopic (exact) mass is 483 g/mol. The number of rotatable bonds is 8. The molecule has 4 N–H and O–H groups in total. The quantitative estimate of drug-likeness (QED) is 0.364. The number of nitrogens with zero attached hydrogens (tertiary/aromatic N) is 3. The molecule has 0 unspecified atom stereocenters. The van der Waals surface area contributed by atoms with Crippen molar-refractivity contribution in [2.24, 2.45) is 0 Å². The van der Waals surface area contributed by atoms with E-state index in [2.05, 4.69) is 31.5 Å². The first-order chi connectivity index (χ1) is 16.2. The molecule has 34 heavy (non-hydrogen) atoms. The molecule has 0 aliphatic heterocycles. The van der Waals surface area contributed by atoms with Crippen LogP contribution in [-0.2, 0) is 24.4 Å². The summed E-state index contributed by atoms with van der Waals surface area (Å²) in [5.74, 6) is -0.449. The fourth-order valence-corrected chi connectivity index (χ4v) is 3.22. The summed E-state index contributed by atoms with van der Waals surface area (Å²) < 4.78 is 1.28. The third-order valence-corrected chi connectivity index (χ3v) is 5.28. The van der Waals surface area contributed by atoms with Crippen molar-refractivity contribution in [3.8, 4) is 0 Å². The van der Waals surface area contributed by atoms with Crippen LogP contribution in [0.15, 0.2) is 47.4 Å². The summed E-state index contributed by atoms with van der Waals surface area (Å²) in [7, 11) is 0. The Morgan fingerprint density at radius 3 is 2.44 bits per heavy atom. The van der Waals surface area contributed by atoms with Crippen molar-refractivity contribution in [1.82, 2.24) is 30.6 Å². The van der Waals surface area contributed by atoms with E-state index in [0.717, 1.165) is 22.5 Å². The van der Waals surface area contributed by atoms with Gasteiger partial charge in [-0.05, 0) is 50.1 Å². The number of amides is 3. The van der Waals surface area contributed by atoms with E-state index in [-0.39, 0.29) is 24.8 Å². The van der Waals surface area contributed by atoms with Gasteiger partial charge in [-0.3, -0.25) is 30.0 Å². The van der Waals surface area contributed by atoms with Crippen LogP contribution in [0.1, 0.15) is 28.2 Å². The van der Waals surface area contributed by atoms with Crippen LogP contribution < -0.4 is 27.0 Å². The van der Waals surface area contributed by atoms with Crippen LogP contribution in [0.3, 0.4) is 0 Å². The lowest BCUT2D eigenvalue weighted by molar-refractivity contribution is -0.121. The zero-order chi connectivity index (χ0) is 24.7. The van der Waals surface area contributed by atoms with Crippen LogP contribution in [0.4, 0.5) is 10.6 Å². The number of anilines is 1. The topological polar surface area (TPSA) is 130 Å². The highest BCUT2D eigenvalue weighted by Crippen LogP contribution is 2.09. The Morgan fingerprint density at radius 1 is 1.00 bits per heavy atom. The maximum atomic E-state index is 12.8. The number of nitrogens with one attached hydrogen (secondary N) is 4. The summed E-state index contributed by atoms with van der Waals surface area (Å²) in [5, 5.41) is 6.05. The Labute approximate surface area is 201 Å². The minimum Gasteiger partial charge on any atom is -0.350 e. The first-order valence-electron chi connectivity index (χ1n) is 10.5. The van der Waals surface area contributed by atoms with Gasteiger partial charge >= 0.3 is 6.03 Å². The average Bonchev–Trinajstić information content (AvgIpc) is 2.80. The minimum atomic E-state index is -0.553. The predicted molar refractivity (Wildman–Crippen MR) is 129 cm³/mol. The van der Waals surface area contributed by atoms with E-state index in [1.807, 2.05) is 26.0 Å². The second-order valence-corrected chi connectivity index (χ2v) is 8.11. The number of pyridine rings is 1. The zero-order valence-electron chi connectivity index (χ0n) is 19.1. The van der Waals surface area contributed by atoms with Crippen LogP contribution in [-0.4, -0.2) is 26.5 Å². The summed E-state index contributed by atoms with van der Waals surface area (Å²) in [5.41, 5.74) is 8.33. The lowest BCUT2D eigenvalue weighted by Gasteiger charge is -2.14. The van der Waals surface area contributed by atoms with Gasteiger partial charge in [0.2, 0.25) is 11.7 Å². The van der Waals surface area contributed by atoms with Gasteiger partial charge in [0.1, 0.15) is 6.54 Å². The maximum absolute atomic E-state index is 12.8. The molecule has 2 heterocycles. The van der Waals surface area contributed by atoms with Crippen LogP contribution >= 0.6 is 11.6 Å². The first-order valence-corrected chi connectivity index (χ1v) is 10.9. The Hall–Kier alpha value is -3.92. The standard InChI is InChI=1S/C23H26ClN7O3/c1-14-4-7-18(16(3)28-14)12-25-20(32)13-31-15(2)10-26-21(22(31)33)29-30-23(34)27-11-17-5-8-19(24)9-6-17/h4-10H,11-13H2,1-3H3,(H,25,32)(H,26,29)(H2,27,30,34). The molecular weight excluding hydrogens is 458 g/mol. The zero-order valence-corrected chi connectivity index (χ0v) is 19.9. The third-order valence-electron chi connectivity index (χ3n) is 5.03. The fourth-order valence-electron chi connectivity index (χ4n) is 3.09. The van der Waals surface area contributed by atoms with E-state index in [0.29, 0.717) is 17.3 Å². The van der Waals surface area contributed by atoms with Crippen molar-refractivity contribution in [1.29, 1.82) is 0 Å². The van der Waals surface area contributed by atoms with Crippen molar-refractivity contribution in [2.45, 2.75) is 40.4 Å². The van der Waals surface area contributed by atoms with Gasteiger partial charge in [0.05, 0.1) is 0 Å².